The van der Waals surface area contributed by atoms with Gasteiger partial charge in [-0.3, -0.25) is 4.79 Å². The number of hydrogen-bond donors (Lipinski definition) is 1. The number of aromatic nitrogens is 2. The summed E-state index contributed by atoms with van der Waals surface area (Å²) in [6.07, 6.45) is 1.77. The van der Waals surface area contributed by atoms with Crippen molar-refractivity contribution in [2.75, 3.05) is 17.7 Å². The highest BCUT2D eigenvalue weighted by atomic mass is 35.5. The third-order valence-corrected chi connectivity index (χ3v) is 6.14. The predicted molar refractivity (Wildman–Crippen MR) is 113 cm³/mol. The Labute approximate surface area is 167 Å². The van der Waals surface area contributed by atoms with Crippen molar-refractivity contribution in [3.63, 3.8) is 0 Å². The Morgan fingerprint density at radius 3 is 2.85 bits per heavy atom. The number of fused-ring (bicyclic) bond motifs is 2. The summed E-state index contributed by atoms with van der Waals surface area (Å²) < 4.78 is 0. The lowest BCUT2D eigenvalue weighted by Crippen LogP contribution is -2.24. The highest BCUT2D eigenvalue weighted by Crippen LogP contribution is 2.46. The van der Waals surface area contributed by atoms with Crippen LogP contribution >= 0.6 is 23.4 Å². The zero-order valence-corrected chi connectivity index (χ0v) is 17.0. The molecule has 0 bridgehead atoms. The average molecular weight is 398 g/mol. The van der Waals surface area contributed by atoms with Crippen molar-refractivity contribution in [3.8, 4) is 0 Å². The van der Waals surface area contributed by atoms with Crippen LogP contribution in [0.5, 0.6) is 0 Å². The van der Waals surface area contributed by atoms with Crippen molar-refractivity contribution in [2.24, 2.45) is 0 Å². The van der Waals surface area contributed by atoms with Crippen LogP contribution < -0.4 is 4.90 Å². The van der Waals surface area contributed by atoms with Crippen LogP contribution in [0.1, 0.15) is 19.4 Å². The van der Waals surface area contributed by atoms with Crippen molar-refractivity contribution in [1.82, 2.24) is 9.97 Å². The van der Waals surface area contributed by atoms with E-state index in [1.54, 1.807) is 6.08 Å². The second-order valence-corrected chi connectivity index (χ2v) is 8.59. The van der Waals surface area contributed by atoms with Gasteiger partial charge in [-0.2, -0.15) is 0 Å². The SMILES string of the molecule is CN1C(=CC(=O)CSc2nc3ccc(Cl)cc3[nH]2)C(C)(C)c2ccccc21. The second kappa shape index (κ2) is 6.73. The van der Waals surface area contributed by atoms with Gasteiger partial charge in [0.25, 0.3) is 0 Å². The van der Waals surface area contributed by atoms with Crippen molar-refractivity contribution in [1.29, 1.82) is 0 Å². The van der Waals surface area contributed by atoms with E-state index in [4.69, 9.17) is 11.6 Å². The molecule has 0 unspecified atom stereocenters. The van der Waals surface area contributed by atoms with Gasteiger partial charge in [0.15, 0.2) is 10.9 Å². The predicted octanol–water partition coefficient (Wildman–Crippen LogP) is 5.19. The van der Waals surface area contributed by atoms with Crippen LogP contribution in [-0.2, 0) is 10.2 Å². The fraction of sp³-hybridized carbons (Fsp3) is 0.238. The largest absolute Gasteiger partial charge is 0.347 e. The maximum absolute atomic E-state index is 12.6. The van der Waals surface area contributed by atoms with Gasteiger partial charge in [-0.1, -0.05) is 55.4 Å². The molecular formula is C21H20ClN3OS. The number of carbonyl (C=O) groups excluding carboxylic acids is 1. The molecule has 27 heavy (non-hydrogen) atoms. The summed E-state index contributed by atoms with van der Waals surface area (Å²) in [5.74, 6) is 0.401. The summed E-state index contributed by atoms with van der Waals surface area (Å²) in [5.41, 5.74) is 4.95. The van der Waals surface area contributed by atoms with Gasteiger partial charge in [0, 0.05) is 34.9 Å². The number of H-pyrrole nitrogens is 1. The lowest BCUT2D eigenvalue weighted by molar-refractivity contribution is -0.112. The van der Waals surface area contributed by atoms with Gasteiger partial charge in [-0.15, -0.1) is 0 Å². The van der Waals surface area contributed by atoms with E-state index in [1.165, 1.54) is 17.3 Å². The number of ketones is 1. The molecule has 0 fully saturated rings. The number of likely N-dealkylation sites (N-methyl/N-ethyl adjacent to an activating group) is 1. The van der Waals surface area contributed by atoms with E-state index in [1.807, 2.05) is 37.4 Å². The number of halogens is 1. The Balaban J connectivity index is 1.51. The molecule has 4 nitrogen and oxygen atoms in total. The Morgan fingerprint density at radius 1 is 1.30 bits per heavy atom. The minimum atomic E-state index is -0.193. The first kappa shape index (κ1) is 18.1. The molecule has 0 saturated heterocycles. The zero-order chi connectivity index (χ0) is 19.2. The lowest BCUT2D eigenvalue weighted by Gasteiger charge is -2.23. The van der Waals surface area contributed by atoms with Crippen molar-refractivity contribution < 1.29 is 4.79 Å². The number of aromatic amines is 1. The Bertz CT molecular complexity index is 1070. The maximum atomic E-state index is 12.6. The number of benzene rings is 2. The fourth-order valence-electron chi connectivity index (χ4n) is 3.62. The van der Waals surface area contributed by atoms with Crippen molar-refractivity contribution >= 4 is 45.9 Å². The fourth-order valence-corrected chi connectivity index (χ4v) is 4.50. The minimum Gasteiger partial charge on any atom is -0.347 e. The van der Waals surface area contributed by atoms with Crippen LogP contribution in [-0.4, -0.2) is 28.6 Å². The monoisotopic (exact) mass is 397 g/mol. The molecule has 0 saturated carbocycles. The number of nitrogens with zero attached hydrogens (tertiary/aromatic N) is 2. The summed E-state index contributed by atoms with van der Waals surface area (Å²) in [5, 5.41) is 1.39. The maximum Gasteiger partial charge on any atom is 0.167 e. The lowest BCUT2D eigenvalue weighted by atomic mass is 9.83. The number of anilines is 1. The normalized spacial score (nSPS) is 16.9. The molecule has 1 aliphatic heterocycles. The number of para-hydroxylation sites is 1. The smallest absolute Gasteiger partial charge is 0.167 e. The summed E-state index contributed by atoms with van der Waals surface area (Å²) in [6, 6.07) is 13.8. The summed E-state index contributed by atoms with van der Waals surface area (Å²) in [7, 11) is 2.02. The van der Waals surface area contributed by atoms with E-state index in [0.717, 1.165) is 27.6 Å². The van der Waals surface area contributed by atoms with E-state index in [9.17, 15) is 4.79 Å². The van der Waals surface area contributed by atoms with Gasteiger partial charge >= 0.3 is 0 Å². The molecule has 1 aliphatic rings. The van der Waals surface area contributed by atoms with Crippen molar-refractivity contribution in [3.05, 3.63) is 64.8 Å². The van der Waals surface area contributed by atoms with E-state index in [0.29, 0.717) is 10.8 Å². The molecule has 0 aliphatic carbocycles. The summed E-state index contributed by atoms with van der Waals surface area (Å²) in [6.45, 7) is 4.31. The first-order chi connectivity index (χ1) is 12.9. The van der Waals surface area contributed by atoms with Gasteiger partial charge < -0.3 is 9.88 Å². The summed E-state index contributed by atoms with van der Waals surface area (Å²) >= 11 is 7.41. The number of imidazole rings is 1. The van der Waals surface area contributed by atoms with Crippen LogP contribution in [0.4, 0.5) is 5.69 Å². The van der Waals surface area contributed by atoms with E-state index < -0.39 is 0 Å². The first-order valence-corrected chi connectivity index (χ1v) is 10.1. The Kier molecular flexibility index (Phi) is 4.52. The highest BCUT2D eigenvalue weighted by molar-refractivity contribution is 7.99. The van der Waals surface area contributed by atoms with Crippen LogP contribution in [0.2, 0.25) is 5.02 Å². The number of allylic oxidation sites excluding steroid dienone is 2. The van der Waals surface area contributed by atoms with Crippen LogP contribution in [0.25, 0.3) is 11.0 Å². The number of carbonyl (C=O) groups is 1. The van der Waals surface area contributed by atoms with E-state index in [2.05, 4.69) is 40.8 Å². The molecule has 2 heterocycles. The molecule has 6 heteroatoms. The van der Waals surface area contributed by atoms with Crippen LogP contribution in [0, 0.1) is 0 Å². The molecule has 3 aromatic rings. The van der Waals surface area contributed by atoms with Gasteiger partial charge in [0.1, 0.15) is 0 Å². The first-order valence-electron chi connectivity index (χ1n) is 8.72. The topological polar surface area (TPSA) is 49.0 Å². The van der Waals surface area contributed by atoms with Gasteiger partial charge in [0.05, 0.1) is 16.8 Å². The molecule has 4 rings (SSSR count). The standard InChI is InChI=1S/C21H20ClN3OS/c1-21(2)15-6-4-5-7-18(15)25(3)19(21)11-14(26)12-27-20-23-16-9-8-13(22)10-17(16)24-20/h4-11H,12H2,1-3H3,(H,23,24). The third kappa shape index (κ3) is 3.26. The molecule has 1 aromatic heterocycles. The van der Waals surface area contributed by atoms with Gasteiger partial charge in [0.2, 0.25) is 0 Å². The number of thioether (sulfide) groups is 1. The van der Waals surface area contributed by atoms with Crippen LogP contribution in [0.3, 0.4) is 0 Å². The van der Waals surface area contributed by atoms with E-state index in [-0.39, 0.29) is 11.2 Å². The van der Waals surface area contributed by atoms with E-state index >= 15 is 0 Å². The van der Waals surface area contributed by atoms with Crippen LogP contribution in [0.15, 0.2) is 59.4 Å². The molecular weight excluding hydrogens is 378 g/mol. The third-order valence-electron chi connectivity index (χ3n) is 5.01. The van der Waals surface area contributed by atoms with Gasteiger partial charge in [-0.05, 0) is 29.8 Å². The summed E-state index contributed by atoms with van der Waals surface area (Å²) in [4.78, 5) is 22.5. The molecule has 138 valence electrons. The van der Waals surface area contributed by atoms with Gasteiger partial charge in [-0.25, -0.2) is 4.98 Å². The minimum absolute atomic E-state index is 0.0706. The number of nitrogens with one attached hydrogen (secondary N) is 1. The molecule has 2 aromatic carbocycles. The molecule has 0 spiro atoms. The molecule has 1 N–H and O–H groups in total. The Hall–Kier alpha value is -2.24. The molecule has 0 atom stereocenters. The number of hydrogen-bond acceptors (Lipinski definition) is 4. The molecule has 0 radical (unpaired) electrons. The highest BCUT2D eigenvalue weighted by Gasteiger charge is 2.38. The molecule has 0 amide bonds. The quantitative estimate of drug-likeness (QED) is 0.486. The zero-order valence-electron chi connectivity index (χ0n) is 15.4. The number of rotatable bonds is 4. The Morgan fingerprint density at radius 2 is 2.07 bits per heavy atom. The second-order valence-electron chi connectivity index (χ2n) is 7.19. The van der Waals surface area contributed by atoms with Crippen molar-refractivity contribution in [2.45, 2.75) is 24.4 Å². The average Bonchev–Trinajstić information content (AvgIpc) is 3.12.